The molecule has 3 aromatic rings. The second-order valence-electron chi connectivity index (χ2n) is 3.78. The number of nitrogens with zero attached hydrogens (tertiary/aromatic N) is 3. The van der Waals surface area contributed by atoms with E-state index in [1.807, 2.05) is 24.4 Å². The third-order valence-electron chi connectivity index (χ3n) is 2.63. The maximum atomic E-state index is 8.74. The topological polar surface area (TPSA) is 77.4 Å². The number of nitriles is 1. The van der Waals surface area contributed by atoms with Crippen LogP contribution in [0.4, 0.5) is 11.5 Å². The van der Waals surface area contributed by atoms with Crippen molar-refractivity contribution in [2.75, 3.05) is 5.32 Å². The molecule has 5 heteroatoms. The maximum Gasteiger partial charge on any atom is 0.143 e. The Bertz CT molecular complexity index is 721. The molecule has 0 aliphatic heterocycles. The van der Waals surface area contributed by atoms with Crippen molar-refractivity contribution >= 4 is 22.5 Å². The lowest BCUT2D eigenvalue weighted by Crippen LogP contribution is -1.94. The zero-order valence-corrected chi connectivity index (χ0v) is 9.38. The van der Waals surface area contributed by atoms with Gasteiger partial charge in [0.15, 0.2) is 0 Å². The average Bonchev–Trinajstić information content (AvgIpc) is 2.89. The average molecular weight is 235 g/mol. The highest BCUT2D eigenvalue weighted by atomic mass is 15.0. The van der Waals surface area contributed by atoms with E-state index < -0.39 is 0 Å². The number of aromatic amines is 1. The van der Waals surface area contributed by atoms with Crippen LogP contribution in [0.25, 0.3) is 11.0 Å². The number of hydrogen-bond acceptors (Lipinski definition) is 4. The van der Waals surface area contributed by atoms with Crippen molar-refractivity contribution < 1.29 is 0 Å². The van der Waals surface area contributed by atoms with Crippen molar-refractivity contribution in [2.24, 2.45) is 0 Å². The first-order valence-corrected chi connectivity index (χ1v) is 5.42. The molecule has 0 radical (unpaired) electrons. The fraction of sp³-hybridized carbons (Fsp3) is 0. The van der Waals surface area contributed by atoms with Crippen LogP contribution in [-0.2, 0) is 0 Å². The molecule has 3 rings (SSSR count). The zero-order valence-electron chi connectivity index (χ0n) is 9.38. The Balaban J connectivity index is 1.96. The molecule has 18 heavy (non-hydrogen) atoms. The number of H-pyrrole nitrogens is 1. The van der Waals surface area contributed by atoms with Crippen molar-refractivity contribution in [3.8, 4) is 6.07 Å². The Morgan fingerprint density at radius 2 is 1.94 bits per heavy atom. The van der Waals surface area contributed by atoms with E-state index in [1.54, 1.807) is 12.1 Å². The summed E-state index contributed by atoms with van der Waals surface area (Å²) in [7, 11) is 0. The summed E-state index contributed by atoms with van der Waals surface area (Å²) in [5.74, 6) is 0.742. The second kappa shape index (κ2) is 4.18. The Kier molecular flexibility index (Phi) is 2.39. The number of rotatable bonds is 2. The molecule has 0 atom stereocenters. The minimum Gasteiger partial charge on any atom is -0.346 e. The predicted octanol–water partition coefficient (Wildman–Crippen LogP) is 2.57. The molecule has 0 amide bonds. The van der Waals surface area contributed by atoms with Gasteiger partial charge in [0.2, 0.25) is 0 Å². The van der Waals surface area contributed by atoms with E-state index in [-0.39, 0.29) is 0 Å². The van der Waals surface area contributed by atoms with Crippen LogP contribution in [0.15, 0.2) is 42.9 Å². The van der Waals surface area contributed by atoms with Gasteiger partial charge in [0, 0.05) is 11.9 Å². The Morgan fingerprint density at radius 1 is 1.11 bits per heavy atom. The summed E-state index contributed by atoms with van der Waals surface area (Å²) in [4.78, 5) is 11.4. The second-order valence-corrected chi connectivity index (χ2v) is 3.78. The zero-order chi connectivity index (χ0) is 12.4. The van der Waals surface area contributed by atoms with Gasteiger partial charge in [-0.15, -0.1) is 0 Å². The lowest BCUT2D eigenvalue weighted by Gasteiger charge is -2.05. The van der Waals surface area contributed by atoms with Crippen molar-refractivity contribution in [1.82, 2.24) is 15.0 Å². The number of benzene rings is 1. The monoisotopic (exact) mass is 235 g/mol. The van der Waals surface area contributed by atoms with E-state index in [4.69, 9.17) is 5.26 Å². The molecule has 0 aliphatic carbocycles. The molecule has 0 unspecified atom stereocenters. The molecule has 0 saturated carbocycles. The molecule has 2 N–H and O–H groups in total. The van der Waals surface area contributed by atoms with E-state index in [2.05, 4.69) is 26.3 Å². The Morgan fingerprint density at radius 3 is 2.72 bits per heavy atom. The summed E-state index contributed by atoms with van der Waals surface area (Å²) >= 11 is 0. The number of anilines is 2. The van der Waals surface area contributed by atoms with Gasteiger partial charge in [0.25, 0.3) is 0 Å². The van der Waals surface area contributed by atoms with Crippen molar-refractivity contribution in [3.05, 3.63) is 48.4 Å². The van der Waals surface area contributed by atoms with Crippen LogP contribution >= 0.6 is 0 Å². The van der Waals surface area contributed by atoms with E-state index in [9.17, 15) is 0 Å². The molecule has 2 heterocycles. The molecule has 86 valence electrons. The van der Waals surface area contributed by atoms with Gasteiger partial charge in [0.05, 0.1) is 17.0 Å². The smallest absolute Gasteiger partial charge is 0.143 e. The highest BCUT2D eigenvalue weighted by Crippen LogP contribution is 2.21. The summed E-state index contributed by atoms with van der Waals surface area (Å²) < 4.78 is 0. The minimum absolute atomic E-state index is 0.634. The molecule has 0 aliphatic rings. The summed E-state index contributed by atoms with van der Waals surface area (Å²) in [5.41, 5.74) is 2.31. The number of fused-ring (bicyclic) bond motifs is 1. The van der Waals surface area contributed by atoms with Gasteiger partial charge in [0.1, 0.15) is 17.8 Å². The highest BCUT2D eigenvalue weighted by molar-refractivity contribution is 5.88. The first-order chi connectivity index (χ1) is 8.86. The van der Waals surface area contributed by atoms with Gasteiger partial charge >= 0.3 is 0 Å². The fourth-order valence-corrected chi connectivity index (χ4v) is 1.74. The molecule has 2 aromatic heterocycles. The van der Waals surface area contributed by atoms with Crippen LogP contribution in [0, 0.1) is 11.3 Å². The maximum absolute atomic E-state index is 8.74. The van der Waals surface area contributed by atoms with Crippen LogP contribution in [0.2, 0.25) is 0 Å². The molecule has 0 spiro atoms. The third-order valence-corrected chi connectivity index (χ3v) is 2.63. The quantitative estimate of drug-likeness (QED) is 0.715. The number of hydrogen-bond donors (Lipinski definition) is 2. The third kappa shape index (κ3) is 1.76. The molecule has 0 fully saturated rings. The highest BCUT2D eigenvalue weighted by Gasteiger charge is 2.04. The van der Waals surface area contributed by atoms with E-state index >= 15 is 0 Å². The van der Waals surface area contributed by atoms with E-state index in [0.29, 0.717) is 5.56 Å². The summed E-state index contributed by atoms with van der Waals surface area (Å²) in [6, 6.07) is 11.2. The van der Waals surface area contributed by atoms with Gasteiger partial charge in [-0.05, 0) is 30.3 Å². The Labute approximate surface area is 103 Å². The molecule has 5 nitrogen and oxygen atoms in total. The number of aromatic nitrogens is 3. The molecule has 0 bridgehead atoms. The van der Waals surface area contributed by atoms with Gasteiger partial charge < -0.3 is 10.3 Å². The first kappa shape index (κ1) is 10.3. The molecular weight excluding hydrogens is 226 g/mol. The minimum atomic E-state index is 0.634. The van der Waals surface area contributed by atoms with Crippen LogP contribution in [0.3, 0.4) is 0 Å². The van der Waals surface area contributed by atoms with E-state index in [0.717, 1.165) is 22.5 Å². The van der Waals surface area contributed by atoms with Crippen LogP contribution in [0.1, 0.15) is 5.56 Å². The molecule has 0 saturated heterocycles. The van der Waals surface area contributed by atoms with Gasteiger partial charge in [-0.2, -0.15) is 5.26 Å². The van der Waals surface area contributed by atoms with Crippen molar-refractivity contribution in [3.63, 3.8) is 0 Å². The standard InChI is InChI=1S/C13H9N5/c14-7-9-1-3-10(4-2-9)18-13-11-5-6-15-12(11)16-8-17-13/h1-6,8H,(H2,15,16,17,18). The van der Waals surface area contributed by atoms with Gasteiger partial charge in [-0.25, -0.2) is 9.97 Å². The summed E-state index contributed by atoms with van der Waals surface area (Å²) in [6.07, 6.45) is 3.33. The largest absolute Gasteiger partial charge is 0.346 e. The Hall–Kier alpha value is -2.87. The lowest BCUT2D eigenvalue weighted by atomic mass is 10.2. The molecule has 1 aromatic carbocycles. The van der Waals surface area contributed by atoms with Gasteiger partial charge in [-0.1, -0.05) is 0 Å². The van der Waals surface area contributed by atoms with Crippen LogP contribution < -0.4 is 5.32 Å². The van der Waals surface area contributed by atoms with Gasteiger partial charge in [-0.3, -0.25) is 0 Å². The van der Waals surface area contributed by atoms with Crippen LogP contribution in [-0.4, -0.2) is 15.0 Å². The van der Waals surface area contributed by atoms with E-state index in [1.165, 1.54) is 6.33 Å². The molecular formula is C13H9N5. The van der Waals surface area contributed by atoms with Crippen molar-refractivity contribution in [2.45, 2.75) is 0 Å². The van der Waals surface area contributed by atoms with Crippen LogP contribution in [0.5, 0.6) is 0 Å². The lowest BCUT2D eigenvalue weighted by molar-refractivity contribution is 1.20. The summed E-state index contributed by atoms with van der Waals surface area (Å²) in [6.45, 7) is 0. The normalized spacial score (nSPS) is 10.2. The summed E-state index contributed by atoms with van der Waals surface area (Å²) in [5, 5.41) is 12.9. The van der Waals surface area contributed by atoms with Crippen molar-refractivity contribution in [1.29, 1.82) is 5.26 Å². The SMILES string of the molecule is N#Cc1ccc(Nc2ncnc3[nH]ccc23)cc1. The fourth-order valence-electron chi connectivity index (χ4n) is 1.74. The number of nitrogens with one attached hydrogen (secondary N) is 2. The predicted molar refractivity (Wildman–Crippen MR) is 68.3 cm³/mol. The first-order valence-electron chi connectivity index (χ1n) is 5.42.